The summed E-state index contributed by atoms with van der Waals surface area (Å²) in [5.41, 5.74) is -0.911. The number of hydrogen-bond acceptors (Lipinski definition) is 4. The fraction of sp³-hybridized carbons (Fsp3) is 0.875. The molecule has 2 aliphatic heterocycles. The summed E-state index contributed by atoms with van der Waals surface area (Å²) in [5.74, 6) is -0.881. The van der Waals surface area contributed by atoms with Gasteiger partial charge in [0.2, 0.25) is 0 Å². The lowest BCUT2D eigenvalue weighted by Gasteiger charge is -2.33. The molecule has 2 aliphatic rings. The topological polar surface area (TPSA) is 79.2 Å². The summed E-state index contributed by atoms with van der Waals surface area (Å²) >= 11 is 0. The molecule has 78 valence electrons. The number of carboxylic acid groups (broad SMARTS) is 1. The highest BCUT2D eigenvalue weighted by molar-refractivity contribution is 5.76. The summed E-state index contributed by atoms with van der Waals surface area (Å²) in [4.78, 5) is 21.5. The summed E-state index contributed by atoms with van der Waals surface area (Å²) in [5, 5.41) is 13.2. The normalized spacial score (nSPS) is 36.6. The molecule has 0 bridgehead atoms. The predicted molar refractivity (Wildman–Crippen MR) is 46.4 cm³/mol. The van der Waals surface area contributed by atoms with Gasteiger partial charge in [-0.15, -0.1) is 4.91 Å². The highest BCUT2D eigenvalue weighted by Crippen LogP contribution is 2.40. The average molecular weight is 200 g/mol. The molecule has 6 nitrogen and oxygen atoms in total. The highest BCUT2D eigenvalue weighted by Gasteiger charge is 2.55. The molecule has 0 spiro atoms. The maximum atomic E-state index is 11.2. The minimum absolute atomic E-state index is 0.177. The van der Waals surface area contributed by atoms with Gasteiger partial charge in [-0.2, -0.15) is 0 Å². The molecule has 0 aliphatic carbocycles. The van der Waals surface area contributed by atoms with Crippen LogP contribution >= 0.6 is 0 Å². The van der Waals surface area contributed by atoms with Crippen LogP contribution in [-0.2, 0) is 9.53 Å². The molecule has 14 heavy (non-hydrogen) atoms. The largest absolute Gasteiger partial charge is 0.481 e. The molecule has 0 radical (unpaired) electrons. The average Bonchev–Trinajstić information content (AvgIpc) is 2.57. The molecule has 1 N–H and O–H groups in total. The van der Waals surface area contributed by atoms with Crippen molar-refractivity contribution in [1.29, 1.82) is 0 Å². The van der Waals surface area contributed by atoms with Crippen molar-refractivity contribution in [2.24, 2.45) is 10.7 Å². The molecule has 2 heterocycles. The molecule has 2 fully saturated rings. The molecule has 6 heteroatoms. The number of hydrogen-bond donors (Lipinski definition) is 1. The first-order valence-electron chi connectivity index (χ1n) is 4.62. The summed E-state index contributed by atoms with van der Waals surface area (Å²) in [6.45, 7) is 1.05. The Morgan fingerprint density at radius 3 is 3.00 bits per heavy atom. The zero-order valence-corrected chi connectivity index (χ0v) is 7.68. The van der Waals surface area contributed by atoms with E-state index in [1.54, 1.807) is 0 Å². The molecular weight excluding hydrogens is 188 g/mol. The highest BCUT2D eigenvalue weighted by atomic mass is 16.5. The summed E-state index contributed by atoms with van der Waals surface area (Å²) in [6, 6.07) is 0. The maximum absolute atomic E-state index is 11.2. The lowest BCUT2D eigenvalue weighted by molar-refractivity contribution is -0.161. The van der Waals surface area contributed by atoms with E-state index in [1.165, 1.54) is 5.01 Å². The predicted octanol–water partition coefficient (Wildman–Crippen LogP) is 0.233. The quantitative estimate of drug-likeness (QED) is 0.645. The second-order valence-corrected chi connectivity index (χ2v) is 3.85. The molecule has 2 saturated heterocycles. The van der Waals surface area contributed by atoms with Crippen LogP contribution in [-0.4, -0.2) is 41.9 Å². The van der Waals surface area contributed by atoms with Crippen LogP contribution in [0.25, 0.3) is 0 Å². The number of rotatable bonds is 2. The van der Waals surface area contributed by atoms with Crippen LogP contribution in [0, 0.1) is 10.3 Å². The fourth-order valence-corrected chi connectivity index (χ4v) is 2.30. The monoisotopic (exact) mass is 200 g/mol. The van der Waals surface area contributed by atoms with E-state index in [9.17, 15) is 9.70 Å². The maximum Gasteiger partial charge on any atom is 0.314 e. The van der Waals surface area contributed by atoms with Crippen LogP contribution in [0.15, 0.2) is 5.29 Å². The van der Waals surface area contributed by atoms with Crippen molar-refractivity contribution in [1.82, 2.24) is 5.01 Å². The van der Waals surface area contributed by atoms with Gasteiger partial charge in [-0.1, -0.05) is 0 Å². The van der Waals surface area contributed by atoms with E-state index in [1.807, 2.05) is 0 Å². The second kappa shape index (κ2) is 3.20. The number of ether oxygens (including phenoxy) is 1. The van der Waals surface area contributed by atoms with Crippen molar-refractivity contribution >= 4 is 5.97 Å². The van der Waals surface area contributed by atoms with Crippen molar-refractivity contribution in [3.8, 4) is 0 Å². The molecule has 2 unspecified atom stereocenters. The van der Waals surface area contributed by atoms with Crippen LogP contribution in [0.3, 0.4) is 0 Å². The van der Waals surface area contributed by atoms with Crippen molar-refractivity contribution in [2.75, 3.05) is 19.7 Å². The van der Waals surface area contributed by atoms with Crippen LogP contribution < -0.4 is 0 Å². The second-order valence-electron chi connectivity index (χ2n) is 3.85. The molecule has 0 aromatic heterocycles. The summed E-state index contributed by atoms with van der Waals surface area (Å²) in [7, 11) is 0. The van der Waals surface area contributed by atoms with Gasteiger partial charge in [-0.05, 0) is 12.8 Å². The lowest BCUT2D eigenvalue weighted by Crippen LogP contribution is -2.46. The molecule has 0 saturated carbocycles. The van der Waals surface area contributed by atoms with E-state index in [-0.39, 0.29) is 12.6 Å². The van der Waals surface area contributed by atoms with Gasteiger partial charge < -0.3 is 9.84 Å². The van der Waals surface area contributed by atoms with E-state index < -0.39 is 11.4 Å². The van der Waals surface area contributed by atoms with E-state index in [4.69, 9.17) is 9.84 Å². The van der Waals surface area contributed by atoms with Gasteiger partial charge in [-0.25, -0.2) is 0 Å². The van der Waals surface area contributed by atoms with Gasteiger partial charge in [0.15, 0.2) is 0 Å². The summed E-state index contributed by atoms with van der Waals surface area (Å²) < 4.78 is 5.38. The Kier molecular flexibility index (Phi) is 2.14. The Bertz CT molecular complexity index is 270. The number of nitrogens with zero attached hydrogens (tertiary/aromatic N) is 2. The molecule has 2 atom stereocenters. The number of carboxylic acids is 1. The smallest absolute Gasteiger partial charge is 0.314 e. The number of fused-ring (bicyclic) bond motifs is 1. The van der Waals surface area contributed by atoms with E-state index >= 15 is 0 Å². The first-order chi connectivity index (χ1) is 6.69. The Balaban J connectivity index is 2.24. The van der Waals surface area contributed by atoms with Crippen molar-refractivity contribution in [3.05, 3.63) is 4.91 Å². The van der Waals surface area contributed by atoms with Gasteiger partial charge in [0.25, 0.3) is 0 Å². The first-order valence-corrected chi connectivity index (χ1v) is 4.62. The third kappa shape index (κ3) is 1.18. The molecule has 0 aromatic carbocycles. The number of carbonyl (C=O) groups is 1. The standard InChI is InChI=1S/C8H12N2O4/c11-7(12)8-2-1-3-14-6(8)4-10(5-8)9-13/h6H,1-5H2,(H,11,12). The number of nitroso groups, excluding NO2 is 1. The van der Waals surface area contributed by atoms with E-state index in [0.29, 0.717) is 19.6 Å². The van der Waals surface area contributed by atoms with Gasteiger partial charge in [0.05, 0.1) is 24.5 Å². The third-order valence-electron chi connectivity index (χ3n) is 3.09. The third-order valence-corrected chi connectivity index (χ3v) is 3.09. The SMILES string of the molecule is O=NN1CC2OCCCC2(C(=O)O)C1. The minimum Gasteiger partial charge on any atom is -0.481 e. The molecular formula is C8H12N2O4. The van der Waals surface area contributed by atoms with Gasteiger partial charge in [0, 0.05) is 6.61 Å². The van der Waals surface area contributed by atoms with Crippen molar-refractivity contribution in [2.45, 2.75) is 18.9 Å². The fourth-order valence-electron chi connectivity index (χ4n) is 2.30. The Hall–Kier alpha value is -1.17. The Labute approximate surface area is 80.8 Å². The molecule has 2 rings (SSSR count). The zero-order chi connectivity index (χ0) is 10.2. The van der Waals surface area contributed by atoms with Crippen LogP contribution in [0.2, 0.25) is 0 Å². The number of aliphatic carboxylic acids is 1. The molecule has 0 amide bonds. The van der Waals surface area contributed by atoms with Gasteiger partial charge in [0.1, 0.15) is 5.41 Å². The summed E-state index contributed by atoms with van der Waals surface area (Å²) in [6.07, 6.45) is 0.917. The minimum atomic E-state index is -0.911. The van der Waals surface area contributed by atoms with Crippen LogP contribution in [0.1, 0.15) is 12.8 Å². The van der Waals surface area contributed by atoms with Crippen LogP contribution in [0.4, 0.5) is 0 Å². The lowest BCUT2D eigenvalue weighted by atomic mass is 9.79. The Morgan fingerprint density at radius 1 is 1.64 bits per heavy atom. The Morgan fingerprint density at radius 2 is 2.43 bits per heavy atom. The van der Waals surface area contributed by atoms with Gasteiger partial charge in [-0.3, -0.25) is 9.80 Å². The van der Waals surface area contributed by atoms with Crippen molar-refractivity contribution < 1.29 is 14.6 Å². The van der Waals surface area contributed by atoms with E-state index in [0.717, 1.165) is 6.42 Å². The van der Waals surface area contributed by atoms with Gasteiger partial charge >= 0.3 is 5.97 Å². The van der Waals surface area contributed by atoms with Crippen LogP contribution in [0.5, 0.6) is 0 Å². The first kappa shape index (κ1) is 9.39. The molecule has 0 aromatic rings. The van der Waals surface area contributed by atoms with E-state index in [2.05, 4.69) is 5.29 Å². The zero-order valence-electron chi connectivity index (χ0n) is 7.68. The van der Waals surface area contributed by atoms with Crippen molar-refractivity contribution in [3.63, 3.8) is 0 Å².